The first-order chi connectivity index (χ1) is 13.7. The third kappa shape index (κ3) is 5.53. The maximum atomic E-state index is 5.53. The number of anilines is 1. The molecule has 0 aliphatic carbocycles. The number of rotatable bonds is 6. The fourth-order valence-corrected chi connectivity index (χ4v) is 4.18. The summed E-state index contributed by atoms with van der Waals surface area (Å²) in [6.07, 6.45) is 3.85. The predicted octanol–water partition coefficient (Wildman–Crippen LogP) is 2.51. The Labute approximate surface area is 170 Å². The van der Waals surface area contributed by atoms with Crippen LogP contribution in [0, 0.1) is 5.92 Å². The largest absolute Gasteiger partial charge is 0.495 e. The molecular formula is C22H37N5O. The van der Waals surface area contributed by atoms with E-state index in [-0.39, 0.29) is 0 Å². The summed E-state index contributed by atoms with van der Waals surface area (Å²) in [7, 11) is 3.97. The number of ether oxygens (including phenoxy) is 1. The van der Waals surface area contributed by atoms with E-state index in [0.717, 1.165) is 56.9 Å². The third-order valence-electron chi connectivity index (χ3n) is 5.98. The van der Waals surface area contributed by atoms with Gasteiger partial charge in [-0.15, -0.1) is 0 Å². The first-order valence-corrected chi connectivity index (χ1v) is 10.8. The Morgan fingerprint density at radius 2 is 1.82 bits per heavy atom. The summed E-state index contributed by atoms with van der Waals surface area (Å²) in [5.74, 6) is 2.87. The lowest BCUT2D eigenvalue weighted by Crippen LogP contribution is -2.52. The van der Waals surface area contributed by atoms with Crippen LogP contribution in [0.25, 0.3) is 0 Å². The van der Waals surface area contributed by atoms with Crippen LogP contribution < -0.4 is 15.0 Å². The van der Waals surface area contributed by atoms with Crippen molar-refractivity contribution in [3.05, 3.63) is 24.3 Å². The number of likely N-dealkylation sites (tertiary alicyclic amines) is 1. The van der Waals surface area contributed by atoms with Crippen molar-refractivity contribution in [2.24, 2.45) is 10.9 Å². The van der Waals surface area contributed by atoms with Crippen LogP contribution in [0.3, 0.4) is 0 Å². The second-order valence-electron chi connectivity index (χ2n) is 7.92. The Balaban J connectivity index is 1.52. The molecule has 0 aromatic heterocycles. The molecule has 0 amide bonds. The molecule has 156 valence electrons. The van der Waals surface area contributed by atoms with E-state index < -0.39 is 0 Å². The zero-order valence-corrected chi connectivity index (χ0v) is 17.9. The summed E-state index contributed by atoms with van der Waals surface area (Å²) in [6, 6.07) is 8.29. The van der Waals surface area contributed by atoms with E-state index in [9.17, 15) is 0 Å². The SMILES string of the molecule is CCNC(=NCCC1CCN(C)CC1)N1CCN(c2ccccc2OC)CC1. The Kier molecular flexibility index (Phi) is 7.83. The van der Waals surface area contributed by atoms with Crippen molar-refractivity contribution in [2.45, 2.75) is 26.2 Å². The Morgan fingerprint density at radius 1 is 1.11 bits per heavy atom. The number of para-hydroxylation sites is 2. The fraction of sp³-hybridized carbons (Fsp3) is 0.682. The molecule has 0 unspecified atom stereocenters. The van der Waals surface area contributed by atoms with Crippen LogP contribution in [-0.2, 0) is 0 Å². The van der Waals surface area contributed by atoms with Crippen LogP contribution in [0.5, 0.6) is 5.75 Å². The van der Waals surface area contributed by atoms with E-state index in [1.54, 1.807) is 7.11 Å². The van der Waals surface area contributed by atoms with Crippen molar-refractivity contribution in [3.63, 3.8) is 0 Å². The summed E-state index contributed by atoms with van der Waals surface area (Å²) >= 11 is 0. The van der Waals surface area contributed by atoms with Gasteiger partial charge in [-0.25, -0.2) is 0 Å². The minimum absolute atomic E-state index is 0.838. The quantitative estimate of drug-likeness (QED) is 0.600. The topological polar surface area (TPSA) is 43.3 Å². The van der Waals surface area contributed by atoms with Gasteiger partial charge in [-0.2, -0.15) is 0 Å². The summed E-state index contributed by atoms with van der Waals surface area (Å²) in [4.78, 5) is 12.2. The third-order valence-corrected chi connectivity index (χ3v) is 5.98. The van der Waals surface area contributed by atoms with Crippen LogP contribution in [0.1, 0.15) is 26.2 Å². The van der Waals surface area contributed by atoms with Gasteiger partial charge in [0, 0.05) is 39.3 Å². The number of piperidine rings is 1. The monoisotopic (exact) mass is 387 g/mol. The maximum Gasteiger partial charge on any atom is 0.194 e. The van der Waals surface area contributed by atoms with Crippen molar-refractivity contribution in [1.29, 1.82) is 0 Å². The standard InChI is InChI=1S/C22H37N5O/c1-4-23-22(24-12-9-19-10-13-25(2)14-11-19)27-17-15-26(16-18-27)20-7-5-6-8-21(20)28-3/h5-8,19H,4,9-18H2,1-3H3,(H,23,24). The number of hydrogen-bond donors (Lipinski definition) is 1. The average Bonchev–Trinajstić information content (AvgIpc) is 2.74. The fourth-order valence-electron chi connectivity index (χ4n) is 4.18. The smallest absolute Gasteiger partial charge is 0.194 e. The summed E-state index contributed by atoms with van der Waals surface area (Å²) in [6.45, 7) is 10.4. The second kappa shape index (κ2) is 10.6. The van der Waals surface area contributed by atoms with Gasteiger partial charge < -0.3 is 24.8 Å². The minimum Gasteiger partial charge on any atom is -0.495 e. The number of aliphatic imine (C=N–C) groups is 1. The molecule has 2 fully saturated rings. The van der Waals surface area contributed by atoms with E-state index in [1.807, 2.05) is 12.1 Å². The van der Waals surface area contributed by atoms with Gasteiger partial charge in [0.25, 0.3) is 0 Å². The molecule has 6 heteroatoms. The first kappa shape index (κ1) is 20.8. The molecule has 0 saturated carbocycles. The highest BCUT2D eigenvalue weighted by atomic mass is 16.5. The zero-order chi connectivity index (χ0) is 19.8. The highest BCUT2D eigenvalue weighted by Crippen LogP contribution is 2.28. The summed E-state index contributed by atoms with van der Waals surface area (Å²) < 4.78 is 5.53. The van der Waals surface area contributed by atoms with Gasteiger partial charge in [-0.1, -0.05) is 12.1 Å². The molecule has 2 aliphatic heterocycles. The number of hydrogen-bond acceptors (Lipinski definition) is 4. The average molecular weight is 388 g/mol. The van der Waals surface area contributed by atoms with Gasteiger partial charge in [-0.3, -0.25) is 4.99 Å². The maximum absolute atomic E-state index is 5.53. The van der Waals surface area contributed by atoms with Crippen molar-refractivity contribution in [3.8, 4) is 5.75 Å². The number of nitrogens with one attached hydrogen (secondary N) is 1. The molecule has 0 radical (unpaired) electrons. The van der Waals surface area contributed by atoms with Gasteiger partial charge >= 0.3 is 0 Å². The van der Waals surface area contributed by atoms with Crippen molar-refractivity contribution in [1.82, 2.24) is 15.1 Å². The van der Waals surface area contributed by atoms with Gasteiger partial charge in [0.2, 0.25) is 0 Å². The Morgan fingerprint density at radius 3 is 2.50 bits per heavy atom. The van der Waals surface area contributed by atoms with Gasteiger partial charge in [0.15, 0.2) is 5.96 Å². The van der Waals surface area contributed by atoms with Crippen LogP contribution in [-0.4, -0.2) is 82.3 Å². The summed E-state index contributed by atoms with van der Waals surface area (Å²) in [5.41, 5.74) is 1.19. The van der Waals surface area contributed by atoms with E-state index >= 15 is 0 Å². The van der Waals surface area contributed by atoms with E-state index in [0.29, 0.717) is 0 Å². The van der Waals surface area contributed by atoms with Crippen molar-refractivity contribution in [2.75, 3.05) is 71.4 Å². The van der Waals surface area contributed by atoms with Crippen LogP contribution in [0.4, 0.5) is 5.69 Å². The van der Waals surface area contributed by atoms with Crippen LogP contribution >= 0.6 is 0 Å². The number of piperazine rings is 1. The highest BCUT2D eigenvalue weighted by Gasteiger charge is 2.22. The van der Waals surface area contributed by atoms with Gasteiger partial charge in [0.1, 0.15) is 5.75 Å². The normalized spacial score (nSPS) is 19.8. The summed E-state index contributed by atoms with van der Waals surface area (Å²) in [5, 5.41) is 3.50. The molecule has 1 aromatic rings. The molecule has 2 heterocycles. The Hall–Kier alpha value is -1.95. The molecule has 1 N–H and O–H groups in total. The molecule has 0 bridgehead atoms. The van der Waals surface area contributed by atoms with E-state index in [2.05, 4.69) is 46.1 Å². The van der Waals surface area contributed by atoms with Crippen LogP contribution in [0.15, 0.2) is 29.3 Å². The number of guanidine groups is 1. The lowest BCUT2D eigenvalue weighted by atomic mass is 9.94. The molecule has 28 heavy (non-hydrogen) atoms. The van der Waals surface area contributed by atoms with Crippen molar-refractivity contribution >= 4 is 11.6 Å². The molecule has 2 aliphatic rings. The molecule has 6 nitrogen and oxygen atoms in total. The zero-order valence-electron chi connectivity index (χ0n) is 17.9. The number of benzene rings is 1. The van der Waals surface area contributed by atoms with Crippen molar-refractivity contribution < 1.29 is 4.74 Å². The minimum atomic E-state index is 0.838. The molecule has 1 aromatic carbocycles. The van der Waals surface area contributed by atoms with Gasteiger partial charge in [-0.05, 0) is 64.4 Å². The highest BCUT2D eigenvalue weighted by molar-refractivity contribution is 5.80. The van der Waals surface area contributed by atoms with E-state index in [4.69, 9.17) is 9.73 Å². The molecular weight excluding hydrogens is 350 g/mol. The van der Waals surface area contributed by atoms with E-state index in [1.165, 1.54) is 38.0 Å². The predicted molar refractivity (Wildman–Crippen MR) is 118 cm³/mol. The van der Waals surface area contributed by atoms with Crippen LogP contribution in [0.2, 0.25) is 0 Å². The number of nitrogens with zero attached hydrogens (tertiary/aromatic N) is 4. The molecule has 3 rings (SSSR count). The lowest BCUT2D eigenvalue weighted by Gasteiger charge is -2.38. The second-order valence-corrected chi connectivity index (χ2v) is 7.92. The first-order valence-electron chi connectivity index (χ1n) is 10.8. The van der Waals surface area contributed by atoms with Gasteiger partial charge in [0.05, 0.1) is 12.8 Å². The number of methoxy groups -OCH3 is 1. The lowest BCUT2D eigenvalue weighted by molar-refractivity contribution is 0.214. The molecule has 2 saturated heterocycles. The molecule has 0 atom stereocenters. The Bertz CT molecular complexity index is 619. The molecule has 0 spiro atoms.